The standard InChI is InChI=1S/C7H8ClN3O2/c1-2-3-9-11-5-4-10(6(8)12)7(11)13/h2-3H,1,4-5H2. The van der Waals surface area contributed by atoms with E-state index in [0.29, 0.717) is 6.54 Å². The predicted octanol–water partition coefficient (Wildman–Crippen LogP) is 1.25. The largest absolute Gasteiger partial charge is 0.348 e. The summed E-state index contributed by atoms with van der Waals surface area (Å²) in [6.07, 6.45) is 2.82. The minimum atomic E-state index is -0.777. The maximum absolute atomic E-state index is 11.3. The van der Waals surface area contributed by atoms with Crippen molar-refractivity contribution in [2.45, 2.75) is 0 Å². The molecule has 1 saturated heterocycles. The lowest BCUT2D eigenvalue weighted by Gasteiger charge is -2.09. The molecule has 0 spiro atoms. The average Bonchev–Trinajstić information content (AvgIpc) is 2.43. The molecule has 1 aliphatic heterocycles. The molecule has 0 unspecified atom stereocenters. The predicted molar refractivity (Wildman–Crippen MR) is 48.7 cm³/mol. The molecule has 6 heteroatoms. The summed E-state index contributed by atoms with van der Waals surface area (Å²) in [4.78, 5) is 22.8. The zero-order valence-electron chi connectivity index (χ0n) is 6.81. The molecule has 0 aromatic heterocycles. The molecule has 0 N–H and O–H groups in total. The van der Waals surface area contributed by atoms with Crippen LogP contribution in [0, 0.1) is 0 Å². The number of hydrazone groups is 1. The molecule has 1 rings (SSSR count). The summed E-state index contributed by atoms with van der Waals surface area (Å²) in [7, 11) is 0. The van der Waals surface area contributed by atoms with Crippen molar-refractivity contribution in [1.82, 2.24) is 9.91 Å². The van der Waals surface area contributed by atoms with Crippen LogP contribution < -0.4 is 0 Å². The Morgan fingerprint density at radius 3 is 2.77 bits per heavy atom. The van der Waals surface area contributed by atoms with E-state index in [1.165, 1.54) is 12.3 Å². The van der Waals surface area contributed by atoms with Crippen molar-refractivity contribution in [3.05, 3.63) is 12.7 Å². The van der Waals surface area contributed by atoms with Crippen LogP contribution in [0.2, 0.25) is 0 Å². The summed E-state index contributed by atoms with van der Waals surface area (Å²) >= 11 is 5.15. The van der Waals surface area contributed by atoms with Gasteiger partial charge < -0.3 is 0 Å². The molecular weight excluding hydrogens is 194 g/mol. The SMILES string of the molecule is C=CC=NN1CCN(C(=O)Cl)C1=O. The van der Waals surface area contributed by atoms with Crippen LogP contribution in [0.3, 0.4) is 0 Å². The zero-order valence-corrected chi connectivity index (χ0v) is 7.57. The Hall–Kier alpha value is -1.36. The highest BCUT2D eigenvalue weighted by Crippen LogP contribution is 2.10. The Balaban J connectivity index is 2.65. The lowest BCUT2D eigenvalue weighted by molar-refractivity contribution is 0.195. The number of rotatable bonds is 2. The fraction of sp³-hybridized carbons (Fsp3) is 0.286. The fourth-order valence-corrected chi connectivity index (χ4v) is 1.08. The first-order valence-electron chi connectivity index (χ1n) is 3.60. The van der Waals surface area contributed by atoms with E-state index in [2.05, 4.69) is 11.7 Å². The molecule has 13 heavy (non-hydrogen) atoms. The Morgan fingerprint density at radius 1 is 1.62 bits per heavy atom. The lowest BCUT2D eigenvalue weighted by atomic mass is 10.6. The molecule has 5 nitrogen and oxygen atoms in total. The van der Waals surface area contributed by atoms with Crippen LogP contribution in [-0.4, -0.2) is 40.6 Å². The number of halogens is 1. The normalized spacial score (nSPS) is 17.2. The molecule has 0 saturated carbocycles. The van der Waals surface area contributed by atoms with Gasteiger partial charge >= 0.3 is 11.4 Å². The van der Waals surface area contributed by atoms with Gasteiger partial charge in [0.2, 0.25) is 0 Å². The number of urea groups is 1. The van der Waals surface area contributed by atoms with Gasteiger partial charge in [0.05, 0.1) is 13.1 Å². The van der Waals surface area contributed by atoms with Crippen molar-refractivity contribution < 1.29 is 9.59 Å². The van der Waals surface area contributed by atoms with Crippen LogP contribution in [-0.2, 0) is 0 Å². The highest BCUT2D eigenvalue weighted by atomic mass is 35.5. The minimum absolute atomic E-state index is 0.273. The van der Waals surface area contributed by atoms with Gasteiger partial charge in [-0.1, -0.05) is 6.58 Å². The van der Waals surface area contributed by atoms with E-state index < -0.39 is 11.4 Å². The molecule has 1 heterocycles. The van der Waals surface area contributed by atoms with Gasteiger partial charge in [-0.3, -0.25) is 4.79 Å². The first-order chi connectivity index (χ1) is 6.16. The summed E-state index contributed by atoms with van der Waals surface area (Å²) in [6.45, 7) is 4.04. The quantitative estimate of drug-likeness (QED) is 0.384. The van der Waals surface area contributed by atoms with Gasteiger partial charge in [0, 0.05) is 6.21 Å². The zero-order chi connectivity index (χ0) is 9.84. The van der Waals surface area contributed by atoms with Crippen LogP contribution in [0.15, 0.2) is 17.8 Å². The van der Waals surface area contributed by atoms with Crippen LogP contribution in [0.25, 0.3) is 0 Å². The van der Waals surface area contributed by atoms with Gasteiger partial charge in [0.15, 0.2) is 0 Å². The number of carbonyl (C=O) groups is 2. The Kier molecular flexibility index (Phi) is 3.02. The highest BCUT2D eigenvalue weighted by Gasteiger charge is 2.31. The molecular formula is C7H8ClN3O2. The van der Waals surface area contributed by atoms with Gasteiger partial charge in [0.1, 0.15) is 0 Å². The average molecular weight is 202 g/mol. The molecule has 0 radical (unpaired) electrons. The summed E-state index contributed by atoms with van der Waals surface area (Å²) < 4.78 is 0. The second kappa shape index (κ2) is 4.04. The van der Waals surface area contributed by atoms with E-state index in [4.69, 9.17) is 11.6 Å². The molecule has 0 bridgehead atoms. The summed E-state index contributed by atoms with van der Waals surface area (Å²) in [5.74, 6) is 0. The number of allylic oxidation sites excluding steroid dienone is 1. The lowest BCUT2D eigenvalue weighted by Crippen LogP contribution is -2.30. The molecule has 70 valence electrons. The van der Waals surface area contributed by atoms with Crippen LogP contribution in [0.1, 0.15) is 0 Å². The Labute approximate surface area is 80.2 Å². The third kappa shape index (κ3) is 2.06. The smallest absolute Gasteiger partial charge is 0.255 e. The molecule has 1 fully saturated rings. The molecule has 1 aliphatic rings. The summed E-state index contributed by atoms with van der Waals surface area (Å²) in [5, 5.41) is 4.12. The molecule has 0 aliphatic carbocycles. The maximum atomic E-state index is 11.3. The minimum Gasteiger partial charge on any atom is -0.255 e. The van der Waals surface area contributed by atoms with Crippen LogP contribution >= 0.6 is 11.6 Å². The Morgan fingerprint density at radius 2 is 2.31 bits per heavy atom. The Bertz CT molecular complexity index is 277. The van der Waals surface area contributed by atoms with E-state index in [-0.39, 0.29) is 6.54 Å². The third-order valence-electron chi connectivity index (χ3n) is 1.51. The van der Waals surface area contributed by atoms with Gasteiger partial charge in [-0.15, -0.1) is 0 Å². The number of amides is 3. The molecule has 0 atom stereocenters. The van der Waals surface area contributed by atoms with Gasteiger partial charge in [0.25, 0.3) is 0 Å². The number of imide groups is 1. The van der Waals surface area contributed by atoms with Crippen molar-refractivity contribution in [1.29, 1.82) is 0 Å². The van der Waals surface area contributed by atoms with Gasteiger partial charge in [-0.2, -0.15) is 5.10 Å². The van der Waals surface area contributed by atoms with E-state index in [0.717, 1.165) is 9.91 Å². The summed E-state index contributed by atoms with van der Waals surface area (Å²) in [5.41, 5.74) is 0. The number of nitrogens with zero attached hydrogens (tertiary/aromatic N) is 3. The van der Waals surface area contributed by atoms with Crippen molar-refractivity contribution in [3.8, 4) is 0 Å². The second-order valence-corrected chi connectivity index (χ2v) is 2.63. The molecule has 0 aromatic carbocycles. The topological polar surface area (TPSA) is 53.0 Å². The van der Waals surface area contributed by atoms with E-state index in [9.17, 15) is 9.59 Å². The van der Waals surface area contributed by atoms with Crippen molar-refractivity contribution in [2.24, 2.45) is 5.10 Å². The van der Waals surface area contributed by atoms with Crippen molar-refractivity contribution >= 4 is 29.2 Å². The number of carbonyl (C=O) groups excluding carboxylic acids is 2. The highest BCUT2D eigenvalue weighted by molar-refractivity contribution is 6.64. The van der Waals surface area contributed by atoms with E-state index >= 15 is 0 Å². The van der Waals surface area contributed by atoms with E-state index in [1.807, 2.05) is 0 Å². The number of hydrogen-bond donors (Lipinski definition) is 0. The van der Waals surface area contributed by atoms with Crippen LogP contribution in [0.5, 0.6) is 0 Å². The molecule has 0 aromatic rings. The molecule has 3 amide bonds. The maximum Gasteiger partial charge on any atom is 0.348 e. The van der Waals surface area contributed by atoms with Crippen molar-refractivity contribution in [3.63, 3.8) is 0 Å². The third-order valence-corrected chi connectivity index (χ3v) is 1.71. The second-order valence-electron chi connectivity index (χ2n) is 2.31. The van der Waals surface area contributed by atoms with E-state index in [1.54, 1.807) is 0 Å². The first-order valence-corrected chi connectivity index (χ1v) is 3.98. The van der Waals surface area contributed by atoms with Crippen molar-refractivity contribution in [2.75, 3.05) is 13.1 Å². The fourth-order valence-electron chi connectivity index (χ4n) is 0.923. The van der Waals surface area contributed by atoms with Gasteiger partial charge in [-0.25, -0.2) is 14.7 Å². The van der Waals surface area contributed by atoms with Gasteiger partial charge in [-0.05, 0) is 17.7 Å². The number of hydrogen-bond acceptors (Lipinski definition) is 3. The first kappa shape index (κ1) is 9.73. The monoisotopic (exact) mass is 201 g/mol. The summed E-state index contributed by atoms with van der Waals surface area (Å²) in [6, 6.07) is -0.502. The van der Waals surface area contributed by atoms with Crippen LogP contribution in [0.4, 0.5) is 9.59 Å².